The molecule has 0 bridgehead atoms. The maximum absolute atomic E-state index is 12.9. The maximum atomic E-state index is 12.9. The zero-order valence-corrected chi connectivity index (χ0v) is 15.9. The number of Topliss-reactive ketones (excluding diaryl/α,β-unsaturated/α-hetero) is 1. The van der Waals surface area contributed by atoms with Gasteiger partial charge in [-0.2, -0.15) is 18.4 Å². The molecule has 2 aromatic carbocycles. The number of nitriles is 1. The molecule has 0 saturated heterocycles. The fraction of sp³-hybridized carbons (Fsp3) is 0.273. The number of carbonyl (C=O) groups is 1. The van der Waals surface area contributed by atoms with Crippen molar-refractivity contribution >= 4 is 16.7 Å². The summed E-state index contributed by atoms with van der Waals surface area (Å²) in [5, 5.41) is 9.65. The van der Waals surface area contributed by atoms with Gasteiger partial charge in [-0.15, -0.1) is 0 Å². The Hall–Kier alpha value is -3.11. The Balaban J connectivity index is 1.76. The largest absolute Gasteiger partial charge is 0.416 e. The Morgan fingerprint density at radius 3 is 2.66 bits per heavy atom. The van der Waals surface area contributed by atoms with E-state index in [1.807, 2.05) is 28.8 Å². The summed E-state index contributed by atoms with van der Waals surface area (Å²) >= 11 is 0. The summed E-state index contributed by atoms with van der Waals surface area (Å²) < 4.78 is 40.5. The molecule has 0 radical (unpaired) electrons. The van der Waals surface area contributed by atoms with Gasteiger partial charge in [0.2, 0.25) is 0 Å². The Bertz CT molecular complexity index is 1060. The lowest BCUT2D eigenvalue weighted by atomic mass is 10.1. The minimum absolute atomic E-state index is 0.0719. The molecule has 0 unspecified atom stereocenters. The van der Waals surface area contributed by atoms with Crippen molar-refractivity contribution in [1.29, 1.82) is 5.26 Å². The second-order valence-electron chi connectivity index (χ2n) is 6.96. The first-order chi connectivity index (χ1) is 13.8. The predicted octanol–water partition coefficient (Wildman–Crippen LogP) is 4.89. The molecule has 3 rings (SSSR count). The van der Waals surface area contributed by atoms with E-state index < -0.39 is 11.7 Å². The molecule has 150 valence electrons. The van der Waals surface area contributed by atoms with Gasteiger partial charge in [-0.3, -0.25) is 9.69 Å². The quantitative estimate of drug-likeness (QED) is 0.532. The molecule has 0 saturated carbocycles. The van der Waals surface area contributed by atoms with Crippen molar-refractivity contribution in [1.82, 2.24) is 9.47 Å². The number of halogens is 3. The van der Waals surface area contributed by atoms with Crippen LogP contribution in [0.4, 0.5) is 13.2 Å². The van der Waals surface area contributed by atoms with Gasteiger partial charge in [0.15, 0.2) is 5.78 Å². The first-order valence-corrected chi connectivity index (χ1v) is 9.12. The monoisotopic (exact) mass is 399 g/mol. The van der Waals surface area contributed by atoms with E-state index in [-0.39, 0.29) is 18.9 Å². The summed E-state index contributed by atoms with van der Waals surface area (Å²) in [4.78, 5) is 14.6. The highest BCUT2D eigenvalue weighted by Gasteiger charge is 2.30. The highest BCUT2D eigenvalue weighted by atomic mass is 19.4. The number of alkyl halides is 3. The molecule has 0 atom stereocenters. The lowest BCUT2D eigenvalue weighted by Crippen LogP contribution is -2.25. The van der Waals surface area contributed by atoms with Crippen LogP contribution >= 0.6 is 0 Å². The Kier molecular flexibility index (Phi) is 6.04. The normalized spacial score (nSPS) is 11.7. The van der Waals surface area contributed by atoms with Crippen molar-refractivity contribution in [2.45, 2.75) is 25.7 Å². The van der Waals surface area contributed by atoms with E-state index in [0.717, 1.165) is 23.0 Å². The number of nitrogens with zero attached hydrogens (tertiary/aromatic N) is 3. The number of benzene rings is 2. The number of aromatic nitrogens is 1. The van der Waals surface area contributed by atoms with Gasteiger partial charge in [0.1, 0.15) is 0 Å². The van der Waals surface area contributed by atoms with E-state index in [1.165, 1.54) is 6.07 Å². The fourth-order valence-electron chi connectivity index (χ4n) is 3.37. The molecule has 4 nitrogen and oxygen atoms in total. The smallest absolute Gasteiger partial charge is 0.346 e. The standard InChI is InChI=1S/C22H20F3N3O/c1-27(13-16-6-4-7-17(12-16)22(23,24)25)15-21(29)19-14-28(11-5-10-26)20-9-3-2-8-18(19)20/h2-4,6-9,12,14H,5,11,13,15H2,1H3. The summed E-state index contributed by atoms with van der Waals surface area (Å²) in [7, 11) is 1.70. The molecule has 0 aliphatic carbocycles. The molecule has 29 heavy (non-hydrogen) atoms. The Morgan fingerprint density at radius 2 is 1.93 bits per heavy atom. The third-order valence-electron chi connectivity index (χ3n) is 4.67. The minimum Gasteiger partial charge on any atom is -0.346 e. The molecular formula is C22H20F3N3O. The molecule has 1 aromatic heterocycles. The molecule has 0 amide bonds. The van der Waals surface area contributed by atoms with Gasteiger partial charge in [-0.1, -0.05) is 36.4 Å². The molecule has 0 N–H and O–H groups in total. The van der Waals surface area contributed by atoms with E-state index in [0.29, 0.717) is 24.1 Å². The van der Waals surface area contributed by atoms with Crippen LogP contribution in [0.15, 0.2) is 54.7 Å². The second kappa shape index (κ2) is 8.50. The molecule has 0 spiro atoms. The van der Waals surface area contributed by atoms with Crippen LogP contribution in [-0.4, -0.2) is 28.8 Å². The third-order valence-corrected chi connectivity index (χ3v) is 4.67. The number of aryl methyl sites for hydroxylation is 1. The Morgan fingerprint density at radius 1 is 1.17 bits per heavy atom. The van der Waals surface area contributed by atoms with Crippen LogP contribution in [0.25, 0.3) is 10.9 Å². The highest BCUT2D eigenvalue weighted by Crippen LogP contribution is 2.29. The Labute approximate surface area is 166 Å². The molecular weight excluding hydrogens is 379 g/mol. The summed E-state index contributed by atoms with van der Waals surface area (Å²) in [6, 6.07) is 14.7. The fourth-order valence-corrected chi connectivity index (χ4v) is 3.37. The van der Waals surface area contributed by atoms with E-state index in [1.54, 1.807) is 24.2 Å². The van der Waals surface area contributed by atoms with Crippen LogP contribution < -0.4 is 0 Å². The van der Waals surface area contributed by atoms with Gasteiger partial charge in [-0.25, -0.2) is 0 Å². The van der Waals surface area contributed by atoms with E-state index >= 15 is 0 Å². The first-order valence-electron chi connectivity index (χ1n) is 9.12. The lowest BCUT2D eigenvalue weighted by molar-refractivity contribution is -0.137. The summed E-state index contributed by atoms with van der Waals surface area (Å²) in [5.74, 6) is -0.119. The van der Waals surface area contributed by atoms with E-state index in [2.05, 4.69) is 6.07 Å². The van der Waals surface area contributed by atoms with Gasteiger partial charge >= 0.3 is 6.18 Å². The number of likely N-dealkylation sites (N-methyl/N-ethyl adjacent to an activating group) is 1. The zero-order valence-electron chi connectivity index (χ0n) is 15.9. The first kappa shape index (κ1) is 20.6. The molecule has 1 heterocycles. The number of hydrogen-bond donors (Lipinski definition) is 0. The van der Waals surface area contributed by atoms with Crippen LogP contribution in [0.3, 0.4) is 0 Å². The van der Waals surface area contributed by atoms with Crippen molar-refractivity contribution in [3.63, 3.8) is 0 Å². The van der Waals surface area contributed by atoms with Crippen molar-refractivity contribution in [3.05, 3.63) is 71.4 Å². The summed E-state index contributed by atoms with van der Waals surface area (Å²) in [6.45, 7) is 0.787. The lowest BCUT2D eigenvalue weighted by Gasteiger charge is -2.17. The zero-order chi connectivity index (χ0) is 21.0. The third kappa shape index (κ3) is 4.84. The van der Waals surface area contributed by atoms with Crippen LogP contribution in [0.1, 0.15) is 27.9 Å². The van der Waals surface area contributed by atoms with Gasteiger partial charge < -0.3 is 4.57 Å². The van der Waals surface area contributed by atoms with Crippen LogP contribution in [0.5, 0.6) is 0 Å². The minimum atomic E-state index is -4.39. The summed E-state index contributed by atoms with van der Waals surface area (Å²) in [6.07, 6.45) is -2.31. The number of para-hydroxylation sites is 1. The van der Waals surface area contributed by atoms with E-state index in [9.17, 15) is 18.0 Å². The van der Waals surface area contributed by atoms with Crippen LogP contribution in [-0.2, 0) is 19.3 Å². The highest BCUT2D eigenvalue weighted by molar-refractivity contribution is 6.09. The molecule has 0 fully saturated rings. The van der Waals surface area contributed by atoms with Gasteiger partial charge in [0.25, 0.3) is 0 Å². The average Bonchev–Trinajstić information content (AvgIpc) is 3.05. The van der Waals surface area contributed by atoms with Crippen molar-refractivity contribution in [3.8, 4) is 6.07 Å². The number of rotatable bonds is 7. The van der Waals surface area contributed by atoms with Crippen molar-refractivity contribution < 1.29 is 18.0 Å². The maximum Gasteiger partial charge on any atom is 0.416 e. The van der Waals surface area contributed by atoms with Gasteiger partial charge in [0.05, 0.1) is 24.6 Å². The van der Waals surface area contributed by atoms with Crippen molar-refractivity contribution in [2.75, 3.05) is 13.6 Å². The number of fused-ring (bicyclic) bond motifs is 1. The van der Waals surface area contributed by atoms with Gasteiger partial charge in [-0.05, 0) is 24.7 Å². The average molecular weight is 399 g/mol. The van der Waals surface area contributed by atoms with E-state index in [4.69, 9.17) is 5.26 Å². The SMILES string of the molecule is CN(CC(=O)c1cn(CCC#N)c2ccccc12)Cc1cccc(C(F)(F)F)c1. The number of carbonyl (C=O) groups excluding carboxylic acids is 1. The van der Waals surface area contributed by atoms with Crippen LogP contribution in [0.2, 0.25) is 0 Å². The summed E-state index contributed by atoms with van der Waals surface area (Å²) in [5.41, 5.74) is 1.22. The molecule has 3 aromatic rings. The molecule has 7 heteroatoms. The number of ketones is 1. The molecule has 0 aliphatic rings. The molecule has 0 aliphatic heterocycles. The number of hydrogen-bond acceptors (Lipinski definition) is 3. The van der Waals surface area contributed by atoms with Crippen molar-refractivity contribution in [2.24, 2.45) is 0 Å². The van der Waals surface area contributed by atoms with Crippen LogP contribution in [0, 0.1) is 11.3 Å². The predicted molar refractivity (Wildman–Crippen MR) is 104 cm³/mol. The topological polar surface area (TPSA) is 49.0 Å². The van der Waals surface area contributed by atoms with Gasteiger partial charge in [0, 0.05) is 35.8 Å². The second-order valence-corrected chi connectivity index (χ2v) is 6.96.